The van der Waals surface area contributed by atoms with Crippen molar-refractivity contribution in [3.05, 3.63) is 73.6 Å². The zero-order chi connectivity index (χ0) is 23.4. The van der Waals surface area contributed by atoms with Crippen molar-refractivity contribution in [1.82, 2.24) is 14.9 Å². The lowest BCUT2D eigenvalue weighted by Gasteiger charge is -2.15. The molecule has 164 valence electrons. The first kappa shape index (κ1) is 21.7. The van der Waals surface area contributed by atoms with Gasteiger partial charge in [0.25, 0.3) is 17.4 Å². The lowest BCUT2D eigenvalue weighted by molar-refractivity contribution is -0.137. The number of pyridine rings is 2. The fourth-order valence-corrected chi connectivity index (χ4v) is 3.58. The standard InChI is InChI=1S/C19H9Cl2F3N4O4/c20-10-3-8(28-13(29)5-9-14(16(28)25)18(31)27-17(9)30)4-11(21)15(10)32-12-2-1-7(6-26-12)19(22,23)24/h1-6H,25H2,(H,27,30,31). The molecule has 2 aromatic heterocycles. The minimum absolute atomic E-state index is 0.0603. The maximum Gasteiger partial charge on any atom is 0.417 e. The smallest absolute Gasteiger partial charge is 0.417 e. The van der Waals surface area contributed by atoms with Gasteiger partial charge in [0.15, 0.2) is 5.75 Å². The highest BCUT2D eigenvalue weighted by atomic mass is 35.5. The van der Waals surface area contributed by atoms with E-state index in [0.717, 1.165) is 22.8 Å². The van der Waals surface area contributed by atoms with Crippen LogP contribution in [0.1, 0.15) is 26.3 Å². The van der Waals surface area contributed by atoms with E-state index in [1.165, 1.54) is 12.1 Å². The molecule has 2 amide bonds. The van der Waals surface area contributed by atoms with Crippen LogP contribution < -0.4 is 21.3 Å². The highest BCUT2D eigenvalue weighted by molar-refractivity contribution is 6.37. The van der Waals surface area contributed by atoms with Crippen molar-refractivity contribution in [2.24, 2.45) is 0 Å². The molecule has 1 aromatic carbocycles. The van der Waals surface area contributed by atoms with Crippen LogP contribution >= 0.6 is 23.2 Å². The molecule has 0 bridgehead atoms. The summed E-state index contributed by atoms with van der Waals surface area (Å²) in [5.74, 6) is -2.16. The molecule has 0 spiro atoms. The molecule has 0 fully saturated rings. The molecule has 4 rings (SSSR count). The van der Waals surface area contributed by atoms with Crippen molar-refractivity contribution in [2.75, 3.05) is 5.73 Å². The van der Waals surface area contributed by atoms with Crippen molar-refractivity contribution in [1.29, 1.82) is 0 Å². The number of carbonyl (C=O) groups excluding carboxylic acids is 2. The summed E-state index contributed by atoms with van der Waals surface area (Å²) in [5.41, 5.74) is 4.01. The van der Waals surface area contributed by atoms with Crippen LogP contribution in [0.2, 0.25) is 10.0 Å². The van der Waals surface area contributed by atoms with Crippen molar-refractivity contribution in [3.63, 3.8) is 0 Å². The van der Waals surface area contributed by atoms with Crippen molar-refractivity contribution < 1.29 is 27.5 Å². The first-order chi connectivity index (χ1) is 15.0. The first-order valence-corrected chi connectivity index (χ1v) is 9.34. The lowest BCUT2D eigenvalue weighted by atomic mass is 10.1. The summed E-state index contributed by atoms with van der Waals surface area (Å²) in [6.45, 7) is 0. The van der Waals surface area contributed by atoms with E-state index in [2.05, 4.69) is 4.98 Å². The Balaban J connectivity index is 1.73. The molecule has 1 aliphatic heterocycles. The Kier molecular flexibility index (Phi) is 5.10. The van der Waals surface area contributed by atoms with Crippen LogP contribution in [0.15, 0.2) is 41.3 Å². The third-order valence-electron chi connectivity index (χ3n) is 4.46. The molecule has 0 atom stereocenters. The van der Waals surface area contributed by atoms with Crippen LogP contribution in [0.3, 0.4) is 0 Å². The zero-order valence-electron chi connectivity index (χ0n) is 15.5. The van der Waals surface area contributed by atoms with E-state index in [9.17, 15) is 27.6 Å². The van der Waals surface area contributed by atoms with Gasteiger partial charge in [-0.25, -0.2) is 4.98 Å². The normalized spacial score (nSPS) is 13.2. The van der Waals surface area contributed by atoms with Gasteiger partial charge in [-0.1, -0.05) is 23.2 Å². The molecule has 13 heteroatoms. The van der Waals surface area contributed by atoms with Gasteiger partial charge in [0.1, 0.15) is 5.82 Å². The minimum Gasteiger partial charge on any atom is -0.436 e. The SMILES string of the molecule is Nc1c2c(cc(=O)n1-c1cc(Cl)c(Oc3ccc(C(F)(F)F)cn3)c(Cl)c1)C(=O)NC2=O. The Morgan fingerprint density at radius 1 is 1.03 bits per heavy atom. The highest BCUT2D eigenvalue weighted by Crippen LogP contribution is 2.39. The second kappa shape index (κ2) is 7.53. The van der Waals surface area contributed by atoms with Crippen LogP contribution in [0.25, 0.3) is 5.69 Å². The molecule has 8 nitrogen and oxygen atoms in total. The van der Waals surface area contributed by atoms with Crippen LogP contribution in [-0.4, -0.2) is 21.4 Å². The van der Waals surface area contributed by atoms with E-state index < -0.39 is 29.1 Å². The number of anilines is 1. The summed E-state index contributed by atoms with van der Waals surface area (Å²) in [6.07, 6.45) is -3.98. The second-order valence-corrected chi connectivity index (χ2v) is 7.31. The van der Waals surface area contributed by atoms with E-state index in [-0.39, 0.29) is 44.3 Å². The van der Waals surface area contributed by atoms with Crippen LogP contribution in [0.4, 0.5) is 19.0 Å². The summed E-state index contributed by atoms with van der Waals surface area (Å²) in [4.78, 5) is 39.9. The summed E-state index contributed by atoms with van der Waals surface area (Å²) in [6, 6.07) is 5.19. The molecular formula is C19H9Cl2F3N4O4. The first-order valence-electron chi connectivity index (χ1n) is 8.59. The number of benzene rings is 1. The number of hydrogen-bond donors (Lipinski definition) is 2. The number of ether oxygens (including phenoxy) is 1. The Labute approximate surface area is 186 Å². The van der Waals surface area contributed by atoms with Crippen molar-refractivity contribution >= 4 is 40.8 Å². The predicted octanol–water partition coefficient (Wildman–Crippen LogP) is 3.82. The molecule has 0 saturated heterocycles. The molecule has 3 heterocycles. The number of hydrogen-bond acceptors (Lipinski definition) is 6. The number of alkyl halides is 3. The predicted molar refractivity (Wildman–Crippen MR) is 108 cm³/mol. The van der Waals surface area contributed by atoms with Crippen LogP contribution in [0, 0.1) is 0 Å². The average Bonchev–Trinajstić information content (AvgIpc) is 2.98. The van der Waals surface area contributed by atoms with Gasteiger partial charge in [0.05, 0.1) is 32.4 Å². The highest BCUT2D eigenvalue weighted by Gasteiger charge is 2.32. The Morgan fingerprint density at radius 3 is 2.25 bits per heavy atom. The largest absolute Gasteiger partial charge is 0.436 e. The second-order valence-electron chi connectivity index (χ2n) is 6.50. The number of nitrogen functional groups attached to an aromatic ring is 1. The topological polar surface area (TPSA) is 116 Å². The Hall–Kier alpha value is -3.57. The van der Waals surface area contributed by atoms with E-state index in [0.29, 0.717) is 6.20 Å². The number of fused-ring (bicyclic) bond motifs is 1. The van der Waals surface area contributed by atoms with Gasteiger partial charge in [0, 0.05) is 18.3 Å². The average molecular weight is 485 g/mol. The minimum atomic E-state index is -4.56. The number of nitrogens with zero attached hydrogens (tertiary/aromatic N) is 2. The van der Waals surface area contributed by atoms with E-state index in [1.807, 2.05) is 5.32 Å². The molecule has 0 aliphatic carbocycles. The lowest BCUT2D eigenvalue weighted by Crippen LogP contribution is -2.24. The fourth-order valence-electron chi connectivity index (χ4n) is 3.03. The summed E-state index contributed by atoms with van der Waals surface area (Å²) in [5, 5.41) is 1.79. The Bertz CT molecular complexity index is 1330. The number of amides is 2. The number of aromatic nitrogens is 2. The summed E-state index contributed by atoms with van der Waals surface area (Å²) < 4.78 is 44.3. The number of rotatable bonds is 3. The molecular weight excluding hydrogens is 476 g/mol. The molecule has 0 unspecified atom stereocenters. The monoisotopic (exact) mass is 484 g/mol. The molecule has 0 saturated carbocycles. The van der Waals surface area contributed by atoms with Crippen molar-refractivity contribution in [2.45, 2.75) is 6.18 Å². The maximum absolute atomic E-state index is 12.7. The van der Waals surface area contributed by atoms with Crippen LogP contribution in [0.5, 0.6) is 11.6 Å². The van der Waals surface area contributed by atoms with Gasteiger partial charge in [-0.15, -0.1) is 0 Å². The number of carbonyl (C=O) groups is 2. The quantitative estimate of drug-likeness (QED) is 0.546. The fraction of sp³-hybridized carbons (Fsp3) is 0.0526. The van der Waals surface area contributed by atoms with E-state index in [4.69, 9.17) is 33.7 Å². The zero-order valence-corrected chi connectivity index (χ0v) is 17.0. The molecule has 1 aliphatic rings. The third kappa shape index (κ3) is 3.65. The van der Waals surface area contributed by atoms with Gasteiger partial charge in [-0.3, -0.25) is 24.3 Å². The van der Waals surface area contributed by atoms with E-state index in [1.54, 1.807) is 0 Å². The third-order valence-corrected chi connectivity index (χ3v) is 5.03. The number of nitrogens with one attached hydrogen (secondary N) is 1. The molecule has 0 radical (unpaired) electrons. The van der Waals surface area contributed by atoms with Gasteiger partial charge in [0.2, 0.25) is 5.88 Å². The molecule has 32 heavy (non-hydrogen) atoms. The summed E-state index contributed by atoms with van der Waals surface area (Å²) >= 11 is 12.4. The van der Waals surface area contributed by atoms with Gasteiger partial charge in [-0.2, -0.15) is 13.2 Å². The van der Waals surface area contributed by atoms with Gasteiger partial charge < -0.3 is 10.5 Å². The van der Waals surface area contributed by atoms with Gasteiger partial charge >= 0.3 is 6.18 Å². The van der Waals surface area contributed by atoms with Crippen molar-refractivity contribution in [3.8, 4) is 17.3 Å². The summed E-state index contributed by atoms with van der Waals surface area (Å²) in [7, 11) is 0. The number of halogens is 5. The molecule has 3 aromatic rings. The van der Waals surface area contributed by atoms with Crippen LogP contribution in [-0.2, 0) is 6.18 Å². The maximum atomic E-state index is 12.7. The number of imide groups is 1. The number of nitrogens with two attached hydrogens (primary N) is 1. The Morgan fingerprint density at radius 2 is 1.69 bits per heavy atom. The van der Waals surface area contributed by atoms with Gasteiger partial charge in [-0.05, 0) is 18.2 Å². The molecule has 3 N–H and O–H groups in total. The van der Waals surface area contributed by atoms with E-state index >= 15 is 0 Å².